The number of hydrogen-bond donors (Lipinski definition) is 0. The van der Waals surface area contributed by atoms with Crippen LogP contribution in [0.5, 0.6) is 11.5 Å². The number of methoxy groups -OCH3 is 2. The van der Waals surface area contributed by atoms with Crippen molar-refractivity contribution >= 4 is 16.9 Å². The zero-order valence-electron chi connectivity index (χ0n) is 17.9. The van der Waals surface area contributed by atoms with E-state index in [0.29, 0.717) is 18.1 Å². The summed E-state index contributed by atoms with van der Waals surface area (Å²) in [6, 6.07) is 24.0. The molecule has 0 aliphatic carbocycles. The summed E-state index contributed by atoms with van der Waals surface area (Å²) < 4.78 is 18.6. The van der Waals surface area contributed by atoms with Crippen molar-refractivity contribution in [1.82, 2.24) is 4.57 Å². The molecule has 4 aromatic rings. The van der Waals surface area contributed by atoms with Gasteiger partial charge in [0.1, 0.15) is 18.0 Å². The summed E-state index contributed by atoms with van der Waals surface area (Å²) in [7, 11) is 3.27. The van der Waals surface area contributed by atoms with E-state index in [1.165, 1.54) is 0 Å². The summed E-state index contributed by atoms with van der Waals surface area (Å²) in [6.45, 7) is 2.22. The quantitative estimate of drug-likeness (QED) is 0.371. The minimum absolute atomic E-state index is 0.0811. The zero-order chi connectivity index (χ0) is 21.8. The van der Waals surface area contributed by atoms with Crippen LogP contribution < -0.4 is 9.47 Å². The van der Waals surface area contributed by atoms with E-state index in [1.54, 1.807) is 14.2 Å². The van der Waals surface area contributed by atoms with E-state index in [1.807, 2.05) is 72.2 Å². The van der Waals surface area contributed by atoms with Gasteiger partial charge in [-0.25, -0.2) is 0 Å². The van der Waals surface area contributed by atoms with E-state index in [0.717, 1.165) is 33.3 Å². The number of esters is 1. The van der Waals surface area contributed by atoms with Gasteiger partial charge in [0.05, 0.1) is 37.4 Å². The molecule has 3 aromatic carbocycles. The molecule has 0 N–H and O–H groups in total. The summed E-state index contributed by atoms with van der Waals surface area (Å²) in [4.78, 5) is 12.6. The van der Waals surface area contributed by atoms with E-state index in [9.17, 15) is 4.79 Å². The molecule has 4 rings (SSSR count). The summed E-state index contributed by atoms with van der Waals surface area (Å²) >= 11 is 0. The Morgan fingerprint density at radius 2 is 1.52 bits per heavy atom. The fourth-order valence-corrected chi connectivity index (χ4v) is 3.98. The Hall–Kier alpha value is -3.73. The second kappa shape index (κ2) is 8.96. The summed E-state index contributed by atoms with van der Waals surface area (Å²) in [5.74, 6) is 1.05. The maximum Gasteiger partial charge on any atom is 0.325 e. The number of benzene rings is 3. The van der Waals surface area contributed by atoms with Crippen molar-refractivity contribution in [3.05, 3.63) is 72.8 Å². The Morgan fingerprint density at radius 3 is 2.10 bits per heavy atom. The molecule has 0 amide bonds. The highest BCUT2D eigenvalue weighted by Crippen LogP contribution is 2.46. The van der Waals surface area contributed by atoms with Gasteiger partial charge >= 0.3 is 5.97 Å². The van der Waals surface area contributed by atoms with Gasteiger partial charge in [0, 0.05) is 17.7 Å². The predicted octanol–water partition coefficient (Wildman–Crippen LogP) is 5.56. The molecule has 0 bridgehead atoms. The lowest BCUT2D eigenvalue weighted by Crippen LogP contribution is -2.14. The number of nitrogens with zero attached hydrogens (tertiary/aromatic N) is 1. The Labute approximate surface area is 181 Å². The first-order chi connectivity index (χ1) is 15.2. The van der Waals surface area contributed by atoms with Gasteiger partial charge in [0.15, 0.2) is 0 Å². The zero-order valence-corrected chi connectivity index (χ0v) is 17.9. The number of rotatable bonds is 7. The minimum atomic E-state index is -0.294. The van der Waals surface area contributed by atoms with Crippen LogP contribution in [-0.2, 0) is 16.1 Å². The third-order valence-corrected chi connectivity index (χ3v) is 5.26. The second-order valence-corrected chi connectivity index (χ2v) is 7.07. The van der Waals surface area contributed by atoms with E-state index >= 15 is 0 Å². The van der Waals surface area contributed by atoms with Gasteiger partial charge in [-0.3, -0.25) is 4.79 Å². The van der Waals surface area contributed by atoms with E-state index in [4.69, 9.17) is 14.2 Å². The number of carbonyl (C=O) groups excluding carboxylic acids is 1. The number of aromatic nitrogens is 1. The maximum absolute atomic E-state index is 12.6. The van der Waals surface area contributed by atoms with Crippen molar-refractivity contribution in [3.63, 3.8) is 0 Å². The molecule has 31 heavy (non-hydrogen) atoms. The molecule has 0 saturated heterocycles. The number of carbonyl (C=O) groups is 1. The van der Waals surface area contributed by atoms with Crippen LogP contribution >= 0.6 is 0 Å². The Bertz CT molecular complexity index is 1200. The van der Waals surface area contributed by atoms with E-state index in [2.05, 4.69) is 12.1 Å². The van der Waals surface area contributed by atoms with Crippen molar-refractivity contribution in [2.75, 3.05) is 20.8 Å². The highest BCUT2D eigenvalue weighted by atomic mass is 16.5. The first-order valence-corrected chi connectivity index (χ1v) is 10.2. The van der Waals surface area contributed by atoms with Crippen LogP contribution in [0.2, 0.25) is 0 Å². The average molecular weight is 415 g/mol. The van der Waals surface area contributed by atoms with Crippen LogP contribution in [0.1, 0.15) is 6.92 Å². The molecule has 0 radical (unpaired) electrons. The van der Waals surface area contributed by atoms with Gasteiger partial charge in [0.2, 0.25) is 0 Å². The number of ether oxygens (including phenoxy) is 3. The first-order valence-electron chi connectivity index (χ1n) is 10.2. The van der Waals surface area contributed by atoms with Crippen LogP contribution in [0, 0.1) is 0 Å². The van der Waals surface area contributed by atoms with Crippen LogP contribution in [-0.4, -0.2) is 31.4 Å². The smallest absolute Gasteiger partial charge is 0.325 e. The molecule has 0 spiro atoms. The van der Waals surface area contributed by atoms with Crippen LogP contribution in [0.4, 0.5) is 0 Å². The Kier molecular flexibility index (Phi) is 5.94. The molecule has 158 valence electrons. The van der Waals surface area contributed by atoms with Crippen molar-refractivity contribution in [1.29, 1.82) is 0 Å². The molecule has 0 saturated carbocycles. The minimum Gasteiger partial charge on any atom is -0.497 e. The lowest BCUT2D eigenvalue weighted by molar-refractivity contribution is -0.143. The van der Waals surface area contributed by atoms with Gasteiger partial charge in [0.25, 0.3) is 0 Å². The lowest BCUT2D eigenvalue weighted by Gasteiger charge is -2.12. The summed E-state index contributed by atoms with van der Waals surface area (Å²) in [6.07, 6.45) is 0. The fraction of sp³-hybridized carbons (Fsp3) is 0.192. The molecule has 0 unspecified atom stereocenters. The molecule has 0 aliphatic rings. The number of hydrogen-bond acceptors (Lipinski definition) is 4. The number of fused-ring (bicyclic) bond motifs is 1. The van der Waals surface area contributed by atoms with Crippen molar-refractivity contribution in [3.8, 4) is 33.9 Å². The second-order valence-electron chi connectivity index (χ2n) is 7.07. The highest BCUT2D eigenvalue weighted by molar-refractivity contribution is 6.08. The van der Waals surface area contributed by atoms with Crippen LogP contribution in [0.3, 0.4) is 0 Å². The molecular weight excluding hydrogens is 390 g/mol. The molecule has 0 fully saturated rings. The SMILES string of the molecule is CCOC(=O)Cn1c(-c2ccccc2)c(-c2ccccc2)c2c(OC)cc(OC)cc21. The summed E-state index contributed by atoms with van der Waals surface area (Å²) in [5.41, 5.74) is 4.83. The molecule has 5 nitrogen and oxygen atoms in total. The molecule has 1 aromatic heterocycles. The monoisotopic (exact) mass is 415 g/mol. The molecule has 0 aliphatic heterocycles. The van der Waals surface area contributed by atoms with Gasteiger partial charge in [-0.2, -0.15) is 0 Å². The third kappa shape index (κ3) is 3.87. The Morgan fingerprint density at radius 1 is 0.871 bits per heavy atom. The van der Waals surface area contributed by atoms with Gasteiger partial charge < -0.3 is 18.8 Å². The van der Waals surface area contributed by atoms with E-state index < -0.39 is 0 Å². The van der Waals surface area contributed by atoms with Gasteiger partial charge in [-0.1, -0.05) is 60.7 Å². The van der Waals surface area contributed by atoms with E-state index in [-0.39, 0.29) is 12.5 Å². The van der Waals surface area contributed by atoms with Crippen LogP contribution in [0.15, 0.2) is 72.8 Å². The summed E-state index contributed by atoms with van der Waals surface area (Å²) in [5, 5.41) is 0.928. The topological polar surface area (TPSA) is 49.7 Å². The van der Waals surface area contributed by atoms with Gasteiger partial charge in [-0.05, 0) is 18.1 Å². The first kappa shape index (κ1) is 20.5. The standard InChI is InChI=1S/C26H25NO4/c1-4-31-23(28)17-27-21-15-20(29-2)16-22(30-3)25(21)24(18-11-7-5-8-12-18)26(27)19-13-9-6-10-14-19/h5-16H,4,17H2,1-3H3. The molecule has 1 heterocycles. The normalized spacial score (nSPS) is 10.8. The molecular formula is C26H25NO4. The highest BCUT2D eigenvalue weighted by Gasteiger charge is 2.25. The largest absolute Gasteiger partial charge is 0.497 e. The van der Waals surface area contributed by atoms with Crippen molar-refractivity contribution in [2.45, 2.75) is 13.5 Å². The Balaban J connectivity index is 2.15. The third-order valence-electron chi connectivity index (χ3n) is 5.26. The van der Waals surface area contributed by atoms with Crippen LogP contribution in [0.25, 0.3) is 33.3 Å². The molecule has 0 atom stereocenters. The predicted molar refractivity (Wildman–Crippen MR) is 123 cm³/mol. The lowest BCUT2D eigenvalue weighted by atomic mass is 9.98. The maximum atomic E-state index is 12.6. The van der Waals surface area contributed by atoms with Gasteiger partial charge in [-0.15, -0.1) is 0 Å². The fourth-order valence-electron chi connectivity index (χ4n) is 3.98. The van der Waals surface area contributed by atoms with Crippen molar-refractivity contribution in [2.24, 2.45) is 0 Å². The molecule has 5 heteroatoms. The van der Waals surface area contributed by atoms with Crippen molar-refractivity contribution < 1.29 is 19.0 Å². The average Bonchev–Trinajstić information content (AvgIpc) is 3.13.